The van der Waals surface area contributed by atoms with Crippen molar-refractivity contribution in [3.05, 3.63) is 35.4 Å². The Morgan fingerprint density at radius 1 is 1.08 bits per heavy atom. The fourth-order valence-corrected chi connectivity index (χ4v) is 2.64. The highest BCUT2D eigenvalue weighted by Gasteiger charge is 2.44. The van der Waals surface area contributed by atoms with Crippen LogP contribution in [-0.4, -0.2) is 57.7 Å². The van der Waals surface area contributed by atoms with E-state index in [1.54, 1.807) is 12.1 Å². The first-order chi connectivity index (χ1) is 11.3. The van der Waals surface area contributed by atoms with Crippen molar-refractivity contribution >= 4 is 23.9 Å². The smallest absolute Gasteiger partial charge is 0.434 e. The third-order valence-corrected chi connectivity index (χ3v) is 4.12. The molecule has 24 heavy (non-hydrogen) atoms. The molecule has 1 N–H and O–H groups in total. The minimum atomic E-state index is -2.38. The van der Waals surface area contributed by atoms with E-state index in [9.17, 15) is 23.6 Å². The number of halogens is 1. The molecule has 0 aromatic heterocycles. The molecule has 126 valence electrons. The molecule has 0 atom stereocenters. The number of piperidine rings is 1. The lowest BCUT2D eigenvalue weighted by atomic mass is 9.94. The molecule has 2 heterocycles. The number of hydrogen-bond acceptors (Lipinski definition) is 5. The number of carboxylic acids is 1. The number of amides is 3. The van der Waals surface area contributed by atoms with Crippen LogP contribution in [0.3, 0.4) is 0 Å². The van der Waals surface area contributed by atoms with Crippen molar-refractivity contribution in [1.29, 1.82) is 0 Å². The highest BCUT2D eigenvalue weighted by atomic mass is 19.1. The number of aliphatic carboxylic acids is 1. The zero-order chi connectivity index (χ0) is 17.5. The highest BCUT2D eigenvalue weighted by molar-refractivity contribution is 6.20. The number of fused-ring (bicyclic) bond motifs is 1. The van der Waals surface area contributed by atoms with E-state index in [2.05, 4.69) is 0 Å². The van der Waals surface area contributed by atoms with Gasteiger partial charge in [0, 0.05) is 25.9 Å². The van der Waals surface area contributed by atoms with Crippen molar-refractivity contribution in [1.82, 2.24) is 9.96 Å². The van der Waals surface area contributed by atoms with Gasteiger partial charge in [0.15, 0.2) is 0 Å². The number of carboxylic acid groups (broad SMARTS) is 1. The van der Waals surface area contributed by atoms with E-state index in [4.69, 9.17) is 9.94 Å². The molecule has 0 aliphatic carbocycles. The standard InChI is InChI=1S/C15H13FN2O6/c16-15(13(21)22)5-7-17(8-6-15)14(23)24-18-11(19)9-3-1-2-4-10(9)12(18)20/h1-4H,5-8H2,(H,21,22). The fraction of sp³-hybridized carbons (Fsp3) is 0.333. The topological polar surface area (TPSA) is 104 Å². The Bertz CT molecular complexity index is 706. The number of benzene rings is 1. The number of rotatable bonds is 2. The zero-order valence-electron chi connectivity index (χ0n) is 12.4. The first kappa shape index (κ1) is 15.9. The van der Waals surface area contributed by atoms with Crippen LogP contribution in [0.25, 0.3) is 0 Å². The van der Waals surface area contributed by atoms with Gasteiger partial charge in [0.1, 0.15) is 0 Å². The summed E-state index contributed by atoms with van der Waals surface area (Å²) >= 11 is 0. The average Bonchev–Trinajstić information content (AvgIpc) is 2.81. The van der Waals surface area contributed by atoms with E-state index >= 15 is 0 Å². The second-order valence-corrected chi connectivity index (χ2v) is 5.56. The highest BCUT2D eigenvalue weighted by Crippen LogP contribution is 2.28. The molecule has 3 rings (SSSR count). The Balaban J connectivity index is 1.66. The quantitative estimate of drug-likeness (QED) is 0.815. The van der Waals surface area contributed by atoms with Crippen molar-refractivity contribution in [3.8, 4) is 0 Å². The van der Waals surface area contributed by atoms with E-state index in [0.29, 0.717) is 5.06 Å². The fourth-order valence-electron chi connectivity index (χ4n) is 2.64. The van der Waals surface area contributed by atoms with Gasteiger partial charge < -0.3 is 14.8 Å². The molecule has 0 unspecified atom stereocenters. The van der Waals surface area contributed by atoms with Crippen molar-refractivity contribution in [2.45, 2.75) is 18.5 Å². The molecule has 0 saturated carbocycles. The van der Waals surface area contributed by atoms with Crippen LogP contribution in [0.4, 0.5) is 9.18 Å². The van der Waals surface area contributed by atoms with Gasteiger partial charge in [-0.2, -0.15) is 0 Å². The minimum Gasteiger partial charge on any atom is -0.479 e. The summed E-state index contributed by atoms with van der Waals surface area (Å²) in [6, 6.07) is 6.03. The van der Waals surface area contributed by atoms with Crippen LogP contribution in [0.5, 0.6) is 0 Å². The van der Waals surface area contributed by atoms with Crippen LogP contribution in [0, 0.1) is 0 Å². The summed E-state index contributed by atoms with van der Waals surface area (Å²) in [4.78, 5) is 53.0. The lowest BCUT2D eigenvalue weighted by Gasteiger charge is -2.33. The van der Waals surface area contributed by atoms with Gasteiger partial charge in [-0.05, 0) is 12.1 Å². The molecular weight excluding hydrogens is 323 g/mol. The van der Waals surface area contributed by atoms with E-state index in [1.807, 2.05) is 0 Å². The molecule has 2 aliphatic heterocycles. The Morgan fingerprint density at radius 3 is 2.04 bits per heavy atom. The number of hydrogen-bond donors (Lipinski definition) is 1. The van der Waals surface area contributed by atoms with Gasteiger partial charge in [-0.15, -0.1) is 0 Å². The van der Waals surface area contributed by atoms with Crippen LogP contribution in [-0.2, 0) is 9.63 Å². The van der Waals surface area contributed by atoms with Crippen LogP contribution in [0.15, 0.2) is 24.3 Å². The Hall–Kier alpha value is -2.97. The second kappa shape index (κ2) is 5.59. The van der Waals surface area contributed by atoms with Crippen LogP contribution >= 0.6 is 0 Å². The van der Waals surface area contributed by atoms with E-state index < -0.39 is 29.5 Å². The number of hydroxylamine groups is 2. The molecule has 2 aliphatic rings. The van der Waals surface area contributed by atoms with E-state index in [-0.39, 0.29) is 37.1 Å². The van der Waals surface area contributed by atoms with Gasteiger partial charge in [0.2, 0.25) is 5.67 Å². The van der Waals surface area contributed by atoms with Gasteiger partial charge in [-0.3, -0.25) is 9.59 Å². The molecule has 9 heteroatoms. The number of alkyl halides is 1. The molecule has 1 aromatic carbocycles. The van der Waals surface area contributed by atoms with Gasteiger partial charge >= 0.3 is 12.1 Å². The summed E-state index contributed by atoms with van der Waals surface area (Å²) in [6.45, 7) is -0.379. The summed E-state index contributed by atoms with van der Waals surface area (Å²) in [6.07, 6.45) is -1.78. The number of nitrogens with zero attached hydrogens (tertiary/aromatic N) is 2. The predicted molar refractivity (Wildman–Crippen MR) is 75.7 cm³/mol. The lowest BCUT2D eigenvalue weighted by molar-refractivity contribution is -0.154. The molecule has 1 saturated heterocycles. The average molecular weight is 336 g/mol. The SMILES string of the molecule is O=C(ON1C(=O)c2ccccc2C1=O)N1CCC(F)(C(=O)O)CC1. The van der Waals surface area contributed by atoms with Crippen molar-refractivity contribution in [2.75, 3.05) is 13.1 Å². The van der Waals surface area contributed by atoms with Gasteiger partial charge in [-0.25, -0.2) is 14.0 Å². The maximum atomic E-state index is 13.9. The third kappa shape index (κ3) is 2.47. The summed E-state index contributed by atoms with van der Waals surface area (Å²) < 4.78 is 13.9. The van der Waals surface area contributed by atoms with Crippen LogP contribution in [0.1, 0.15) is 33.6 Å². The summed E-state index contributed by atoms with van der Waals surface area (Å²) in [5.74, 6) is -3.09. The normalized spacial score (nSPS) is 19.2. The van der Waals surface area contributed by atoms with Crippen molar-refractivity contribution < 1.29 is 33.5 Å². The van der Waals surface area contributed by atoms with Crippen molar-refractivity contribution in [2.24, 2.45) is 0 Å². The number of carbonyl (C=O) groups is 4. The van der Waals surface area contributed by atoms with Gasteiger partial charge in [-0.1, -0.05) is 17.2 Å². The maximum absolute atomic E-state index is 13.9. The first-order valence-corrected chi connectivity index (χ1v) is 7.20. The molecule has 1 fully saturated rings. The predicted octanol–water partition coefficient (Wildman–Crippen LogP) is 1.22. The molecular formula is C15H13FN2O6. The minimum absolute atomic E-state index is 0.127. The molecule has 1 aromatic rings. The summed E-state index contributed by atoms with van der Waals surface area (Å²) in [5.41, 5.74) is -2.13. The van der Waals surface area contributed by atoms with E-state index in [0.717, 1.165) is 4.90 Å². The maximum Gasteiger partial charge on any atom is 0.434 e. The summed E-state index contributed by atoms with van der Waals surface area (Å²) in [7, 11) is 0. The third-order valence-electron chi connectivity index (χ3n) is 4.12. The molecule has 0 bridgehead atoms. The largest absolute Gasteiger partial charge is 0.479 e. The van der Waals surface area contributed by atoms with Crippen LogP contribution < -0.4 is 0 Å². The molecule has 3 amide bonds. The number of carbonyl (C=O) groups excluding carboxylic acids is 3. The monoisotopic (exact) mass is 336 g/mol. The lowest BCUT2D eigenvalue weighted by Crippen LogP contribution is -2.50. The van der Waals surface area contributed by atoms with Gasteiger partial charge in [0.25, 0.3) is 11.8 Å². The zero-order valence-corrected chi connectivity index (χ0v) is 12.4. The Morgan fingerprint density at radius 2 is 1.58 bits per heavy atom. The molecule has 0 radical (unpaired) electrons. The first-order valence-electron chi connectivity index (χ1n) is 7.20. The number of likely N-dealkylation sites (tertiary alicyclic amines) is 1. The molecule has 8 nitrogen and oxygen atoms in total. The second-order valence-electron chi connectivity index (χ2n) is 5.56. The van der Waals surface area contributed by atoms with Gasteiger partial charge in [0.05, 0.1) is 11.1 Å². The van der Waals surface area contributed by atoms with Crippen molar-refractivity contribution in [3.63, 3.8) is 0 Å². The number of imide groups is 1. The van der Waals surface area contributed by atoms with Crippen LogP contribution in [0.2, 0.25) is 0 Å². The summed E-state index contributed by atoms with van der Waals surface area (Å²) in [5, 5.41) is 9.18. The van der Waals surface area contributed by atoms with E-state index in [1.165, 1.54) is 12.1 Å². The Labute approximate surface area is 135 Å². The molecule has 0 spiro atoms. The Kier molecular flexibility index (Phi) is 3.70.